The lowest BCUT2D eigenvalue weighted by molar-refractivity contribution is 0.0761. The number of carbonyl (C=O) groups is 2. The number of rotatable bonds is 3. The van der Waals surface area contributed by atoms with Gasteiger partial charge in [-0.15, -0.1) is 0 Å². The van der Waals surface area contributed by atoms with E-state index in [9.17, 15) is 9.59 Å². The zero-order valence-electron chi connectivity index (χ0n) is 14.9. The maximum absolute atomic E-state index is 12.6. The van der Waals surface area contributed by atoms with Crippen molar-refractivity contribution in [3.05, 3.63) is 62.7 Å². The third kappa shape index (κ3) is 4.63. The molecule has 136 valence electrons. The van der Waals surface area contributed by atoms with Crippen LogP contribution in [0.3, 0.4) is 0 Å². The fraction of sp³-hybridized carbons (Fsp3) is 0.333. The number of nitrogens with one attached hydrogen (secondary N) is 1. The van der Waals surface area contributed by atoms with Crippen molar-refractivity contribution in [1.29, 1.82) is 0 Å². The normalized spacial score (nSPS) is 14.6. The van der Waals surface area contributed by atoms with Crippen molar-refractivity contribution in [2.75, 3.05) is 18.4 Å². The molecule has 4 nitrogen and oxygen atoms in total. The molecule has 0 atom stereocenters. The van der Waals surface area contributed by atoms with Crippen LogP contribution < -0.4 is 5.32 Å². The van der Waals surface area contributed by atoms with Crippen LogP contribution in [0.2, 0.25) is 0 Å². The third-order valence-electron chi connectivity index (χ3n) is 4.72. The predicted molar refractivity (Wildman–Crippen MR) is 113 cm³/mol. The Bertz CT molecular complexity index is 794. The first kappa shape index (κ1) is 18.9. The number of aryl methyl sites for hydroxylation is 1. The maximum atomic E-state index is 12.6. The standard InChI is InChI=1S/C21H23IN2O2/c1-15-6-7-17(14-19(15)22)20(25)23-18-10-8-16(9-11-18)21(26)24-12-4-2-3-5-13-24/h6-11,14H,2-5,12-13H2,1H3,(H,23,25). The molecule has 0 radical (unpaired) electrons. The second-order valence-corrected chi connectivity index (χ2v) is 7.86. The number of halogens is 1. The van der Waals surface area contributed by atoms with Gasteiger partial charge in [0.2, 0.25) is 0 Å². The molecule has 1 saturated heterocycles. The molecular formula is C21H23IN2O2. The zero-order chi connectivity index (χ0) is 18.5. The van der Waals surface area contributed by atoms with Crippen LogP contribution in [0.1, 0.15) is 52.0 Å². The molecule has 2 aromatic carbocycles. The summed E-state index contributed by atoms with van der Waals surface area (Å²) in [6.45, 7) is 3.69. The Morgan fingerprint density at radius 3 is 2.15 bits per heavy atom. The molecule has 2 amide bonds. The van der Waals surface area contributed by atoms with E-state index in [4.69, 9.17) is 0 Å². The number of amides is 2. The van der Waals surface area contributed by atoms with Crippen molar-refractivity contribution in [2.24, 2.45) is 0 Å². The van der Waals surface area contributed by atoms with Gasteiger partial charge < -0.3 is 10.2 Å². The van der Waals surface area contributed by atoms with E-state index in [0.717, 1.165) is 35.1 Å². The Morgan fingerprint density at radius 1 is 0.923 bits per heavy atom. The van der Waals surface area contributed by atoms with Crippen LogP contribution in [0, 0.1) is 10.5 Å². The summed E-state index contributed by atoms with van der Waals surface area (Å²) in [5.74, 6) is -0.0626. The van der Waals surface area contributed by atoms with Crippen molar-refractivity contribution in [3.63, 3.8) is 0 Å². The summed E-state index contributed by atoms with van der Waals surface area (Å²) >= 11 is 2.23. The van der Waals surface area contributed by atoms with Gasteiger partial charge in [-0.3, -0.25) is 9.59 Å². The van der Waals surface area contributed by atoms with E-state index in [1.807, 2.05) is 30.0 Å². The van der Waals surface area contributed by atoms with Gasteiger partial charge in [0, 0.05) is 33.5 Å². The molecule has 1 aliphatic rings. The lowest BCUT2D eigenvalue weighted by Gasteiger charge is -2.20. The molecule has 1 N–H and O–H groups in total. The summed E-state index contributed by atoms with van der Waals surface area (Å²) in [7, 11) is 0. The lowest BCUT2D eigenvalue weighted by atomic mass is 10.1. The fourth-order valence-corrected chi connectivity index (χ4v) is 3.61. The number of hydrogen-bond acceptors (Lipinski definition) is 2. The molecule has 1 fully saturated rings. The Labute approximate surface area is 168 Å². The molecule has 0 unspecified atom stereocenters. The number of benzene rings is 2. The Hall–Kier alpha value is -1.89. The van der Waals surface area contributed by atoms with E-state index < -0.39 is 0 Å². The summed E-state index contributed by atoms with van der Waals surface area (Å²) in [5, 5.41) is 2.89. The van der Waals surface area contributed by atoms with E-state index in [1.165, 1.54) is 12.8 Å². The maximum Gasteiger partial charge on any atom is 0.255 e. The molecule has 0 aromatic heterocycles. The van der Waals surface area contributed by atoms with Gasteiger partial charge in [-0.05, 0) is 84.3 Å². The summed E-state index contributed by atoms with van der Waals surface area (Å²) in [6, 6.07) is 12.8. The average Bonchev–Trinajstić information content (AvgIpc) is 2.93. The van der Waals surface area contributed by atoms with Crippen LogP contribution in [-0.4, -0.2) is 29.8 Å². The summed E-state index contributed by atoms with van der Waals surface area (Å²) in [5.41, 5.74) is 3.15. The SMILES string of the molecule is Cc1ccc(C(=O)Nc2ccc(C(=O)N3CCCCCC3)cc2)cc1I. The smallest absolute Gasteiger partial charge is 0.255 e. The lowest BCUT2D eigenvalue weighted by Crippen LogP contribution is -2.31. The number of nitrogens with zero attached hydrogens (tertiary/aromatic N) is 1. The van der Waals surface area contributed by atoms with Crippen LogP contribution in [0.25, 0.3) is 0 Å². The highest BCUT2D eigenvalue weighted by Crippen LogP contribution is 2.18. The van der Waals surface area contributed by atoms with Crippen LogP contribution in [0.4, 0.5) is 5.69 Å². The second kappa shape index (κ2) is 8.66. The molecule has 0 aliphatic carbocycles. The van der Waals surface area contributed by atoms with Gasteiger partial charge in [0.05, 0.1) is 0 Å². The third-order valence-corrected chi connectivity index (χ3v) is 5.88. The fourth-order valence-electron chi connectivity index (χ4n) is 3.09. The largest absolute Gasteiger partial charge is 0.339 e. The van der Waals surface area contributed by atoms with Crippen molar-refractivity contribution >= 4 is 40.1 Å². The van der Waals surface area contributed by atoms with E-state index in [1.54, 1.807) is 24.3 Å². The van der Waals surface area contributed by atoms with E-state index in [-0.39, 0.29) is 11.8 Å². The van der Waals surface area contributed by atoms with Crippen LogP contribution >= 0.6 is 22.6 Å². The highest BCUT2D eigenvalue weighted by Gasteiger charge is 2.17. The Balaban J connectivity index is 1.66. The van der Waals surface area contributed by atoms with Crippen LogP contribution in [0.5, 0.6) is 0 Å². The molecule has 1 aliphatic heterocycles. The van der Waals surface area contributed by atoms with E-state index in [2.05, 4.69) is 27.9 Å². The monoisotopic (exact) mass is 462 g/mol. The molecule has 2 aromatic rings. The molecule has 1 heterocycles. The van der Waals surface area contributed by atoms with Gasteiger partial charge in [-0.25, -0.2) is 0 Å². The minimum atomic E-state index is -0.144. The molecule has 3 rings (SSSR count). The minimum absolute atomic E-state index is 0.0814. The van der Waals surface area contributed by atoms with Gasteiger partial charge in [-0.2, -0.15) is 0 Å². The van der Waals surface area contributed by atoms with E-state index in [0.29, 0.717) is 16.8 Å². The number of likely N-dealkylation sites (tertiary alicyclic amines) is 1. The Kier molecular flexibility index (Phi) is 6.29. The molecule has 0 saturated carbocycles. The minimum Gasteiger partial charge on any atom is -0.339 e. The summed E-state index contributed by atoms with van der Waals surface area (Å²) < 4.78 is 1.06. The van der Waals surface area contributed by atoms with Crippen molar-refractivity contribution in [3.8, 4) is 0 Å². The van der Waals surface area contributed by atoms with Crippen molar-refractivity contribution in [1.82, 2.24) is 4.90 Å². The quantitative estimate of drug-likeness (QED) is 0.662. The van der Waals surface area contributed by atoms with Gasteiger partial charge in [-0.1, -0.05) is 18.9 Å². The van der Waals surface area contributed by atoms with Crippen LogP contribution in [0.15, 0.2) is 42.5 Å². The average molecular weight is 462 g/mol. The highest BCUT2D eigenvalue weighted by atomic mass is 127. The first-order valence-corrected chi connectivity index (χ1v) is 10.1. The first-order chi connectivity index (χ1) is 12.5. The van der Waals surface area contributed by atoms with Gasteiger partial charge >= 0.3 is 0 Å². The number of carbonyl (C=O) groups excluding carboxylic acids is 2. The highest BCUT2D eigenvalue weighted by molar-refractivity contribution is 14.1. The van der Waals surface area contributed by atoms with Crippen molar-refractivity contribution < 1.29 is 9.59 Å². The summed E-state index contributed by atoms with van der Waals surface area (Å²) in [4.78, 5) is 26.9. The molecule has 0 spiro atoms. The molecule has 0 bridgehead atoms. The second-order valence-electron chi connectivity index (χ2n) is 6.70. The molecular weight excluding hydrogens is 439 g/mol. The van der Waals surface area contributed by atoms with Gasteiger partial charge in [0.15, 0.2) is 0 Å². The summed E-state index contributed by atoms with van der Waals surface area (Å²) in [6.07, 6.45) is 4.56. The van der Waals surface area contributed by atoms with Gasteiger partial charge in [0.25, 0.3) is 11.8 Å². The Morgan fingerprint density at radius 2 is 1.54 bits per heavy atom. The molecule has 5 heteroatoms. The first-order valence-electron chi connectivity index (χ1n) is 9.01. The van der Waals surface area contributed by atoms with Crippen molar-refractivity contribution in [2.45, 2.75) is 32.6 Å². The van der Waals surface area contributed by atoms with Crippen LogP contribution in [-0.2, 0) is 0 Å². The topological polar surface area (TPSA) is 49.4 Å². The molecule has 26 heavy (non-hydrogen) atoms. The predicted octanol–water partition coefficient (Wildman–Crippen LogP) is 4.87. The van der Waals surface area contributed by atoms with E-state index >= 15 is 0 Å². The zero-order valence-corrected chi connectivity index (χ0v) is 17.1. The number of hydrogen-bond donors (Lipinski definition) is 1. The number of anilines is 1. The van der Waals surface area contributed by atoms with Gasteiger partial charge in [0.1, 0.15) is 0 Å².